The van der Waals surface area contributed by atoms with Gasteiger partial charge in [-0.05, 0) is 57.8 Å². The minimum absolute atomic E-state index is 0.172. The smallest absolute Gasteiger partial charge is 0.418 e. The zero-order chi connectivity index (χ0) is 26.0. The number of nitrogens with zero attached hydrogens (tertiary/aromatic N) is 6. The predicted molar refractivity (Wildman–Crippen MR) is 136 cm³/mol. The van der Waals surface area contributed by atoms with Crippen molar-refractivity contribution in [3.05, 3.63) is 52.5 Å². The van der Waals surface area contributed by atoms with Gasteiger partial charge >= 0.3 is 12.2 Å². The van der Waals surface area contributed by atoms with E-state index in [4.69, 9.17) is 21.3 Å². The fourth-order valence-electron chi connectivity index (χ4n) is 5.81. The molecule has 2 atom stereocenters. The number of ether oxygens (including phenoxy) is 1. The number of rotatable bonds is 6. The summed E-state index contributed by atoms with van der Waals surface area (Å²) in [5.41, 5.74) is 1.24. The van der Waals surface area contributed by atoms with Crippen LogP contribution in [0.2, 0.25) is 0 Å². The number of aromatic nitrogens is 2. The van der Waals surface area contributed by atoms with E-state index < -0.39 is 11.7 Å². The maximum atomic E-state index is 13.7. The summed E-state index contributed by atoms with van der Waals surface area (Å²) >= 11 is 0. The Morgan fingerprint density at radius 1 is 1.08 bits per heavy atom. The first-order valence-corrected chi connectivity index (χ1v) is 13.1. The SMILES string of the molecule is [C-]#[N+]C[C@@H]1CCCN(c2nc(OC[C@@H]3CCCN3C)nc3c2CCN(c2ccccc2C(F)(F)F)C3)C1. The molecule has 2 fully saturated rings. The van der Waals surface area contributed by atoms with Crippen molar-refractivity contribution in [2.45, 2.75) is 50.9 Å². The summed E-state index contributed by atoms with van der Waals surface area (Å²) in [6, 6.07) is 6.32. The first-order chi connectivity index (χ1) is 17.8. The van der Waals surface area contributed by atoms with Crippen molar-refractivity contribution in [1.29, 1.82) is 0 Å². The Hall–Kier alpha value is -3.06. The van der Waals surface area contributed by atoms with E-state index in [9.17, 15) is 13.2 Å². The standard InChI is InChI=1S/C27H33F3N6O/c1-31-15-19-7-5-13-36(16-19)25-21-11-14-35(24-10-4-3-9-22(24)27(28,29)30)17-23(21)32-26(33-25)37-18-20-8-6-12-34(20)2/h3-4,9-10,19-20H,5-8,11-18H2,2H3/t19-,20-/m0/s1. The van der Waals surface area contributed by atoms with Crippen molar-refractivity contribution < 1.29 is 17.9 Å². The van der Waals surface area contributed by atoms with Crippen molar-refractivity contribution in [1.82, 2.24) is 14.9 Å². The van der Waals surface area contributed by atoms with Gasteiger partial charge in [-0.2, -0.15) is 23.1 Å². The summed E-state index contributed by atoms with van der Waals surface area (Å²) in [5.74, 6) is 1.10. The summed E-state index contributed by atoms with van der Waals surface area (Å²) in [7, 11) is 2.08. The number of likely N-dealkylation sites (tertiary alicyclic amines) is 1. The molecule has 2 saturated heterocycles. The van der Waals surface area contributed by atoms with Crippen LogP contribution in [0.5, 0.6) is 6.01 Å². The monoisotopic (exact) mass is 514 g/mol. The van der Waals surface area contributed by atoms with Crippen LogP contribution >= 0.6 is 0 Å². The van der Waals surface area contributed by atoms with Crippen molar-refractivity contribution >= 4 is 11.5 Å². The Morgan fingerprint density at radius 3 is 2.65 bits per heavy atom. The largest absolute Gasteiger partial charge is 0.462 e. The molecule has 10 heteroatoms. The van der Waals surface area contributed by atoms with E-state index in [1.165, 1.54) is 12.1 Å². The Balaban J connectivity index is 1.46. The van der Waals surface area contributed by atoms with Crippen LogP contribution in [0.4, 0.5) is 24.7 Å². The van der Waals surface area contributed by atoms with Gasteiger partial charge in [0.05, 0.1) is 17.8 Å². The third-order valence-electron chi connectivity index (χ3n) is 7.82. The van der Waals surface area contributed by atoms with Gasteiger partial charge in [0.15, 0.2) is 0 Å². The zero-order valence-electron chi connectivity index (χ0n) is 21.2. The second-order valence-electron chi connectivity index (χ2n) is 10.3. The van der Waals surface area contributed by atoms with E-state index in [0.29, 0.717) is 32.2 Å². The molecule has 7 nitrogen and oxygen atoms in total. The van der Waals surface area contributed by atoms with E-state index in [2.05, 4.69) is 21.7 Å². The number of halogens is 3. The third kappa shape index (κ3) is 5.61. The molecule has 0 radical (unpaired) electrons. The Morgan fingerprint density at radius 2 is 1.89 bits per heavy atom. The molecule has 3 aliphatic heterocycles. The van der Waals surface area contributed by atoms with E-state index in [1.54, 1.807) is 11.0 Å². The van der Waals surface area contributed by atoms with Gasteiger partial charge in [-0.25, -0.2) is 6.57 Å². The summed E-state index contributed by atoms with van der Waals surface area (Å²) in [4.78, 5) is 19.4. The molecule has 2 aromatic rings. The number of anilines is 2. The van der Waals surface area contributed by atoms with Crippen LogP contribution < -0.4 is 14.5 Å². The number of alkyl halides is 3. The fraction of sp³-hybridized carbons (Fsp3) is 0.593. The molecule has 0 N–H and O–H groups in total. The van der Waals surface area contributed by atoms with Crippen molar-refractivity contribution in [3.63, 3.8) is 0 Å². The van der Waals surface area contributed by atoms with Gasteiger partial charge in [-0.1, -0.05) is 12.1 Å². The van der Waals surface area contributed by atoms with Gasteiger partial charge < -0.3 is 24.3 Å². The van der Waals surface area contributed by atoms with Crippen molar-refractivity contribution in [3.8, 4) is 6.01 Å². The quantitative estimate of drug-likeness (QED) is 0.523. The number of benzene rings is 1. The molecule has 1 aromatic heterocycles. The summed E-state index contributed by atoms with van der Waals surface area (Å²) < 4.78 is 47.4. The van der Waals surface area contributed by atoms with Gasteiger partial charge in [0.2, 0.25) is 6.54 Å². The minimum Gasteiger partial charge on any atom is -0.462 e. The molecule has 0 unspecified atom stereocenters. The lowest BCUT2D eigenvalue weighted by molar-refractivity contribution is -0.137. The Kier molecular flexibility index (Phi) is 7.43. The maximum absolute atomic E-state index is 13.7. The fourth-order valence-corrected chi connectivity index (χ4v) is 5.81. The first kappa shape index (κ1) is 25.6. The third-order valence-corrected chi connectivity index (χ3v) is 7.82. The van der Waals surface area contributed by atoms with Crippen LogP contribution in [0.15, 0.2) is 24.3 Å². The lowest BCUT2D eigenvalue weighted by Gasteiger charge is -2.37. The molecule has 5 rings (SSSR count). The highest BCUT2D eigenvalue weighted by Gasteiger charge is 2.36. The summed E-state index contributed by atoms with van der Waals surface area (Å²) in [5, 5.41) is 0. The van der Waals surface area contributed by atoms with Gasteiger partial charge in [0, 0.05) is 42.8 Å². The van der Waals surface area contributed by atoms with E-state index in [-0.39, 0.29) is 24.2 Å². The molecular formula is C27H33F3N6O. The van der Waals surface area contributed by atoms with Crippen LogP contribution in [0.1, 0.15) is 42.5 Å². The molecule has 0 amide bonds. The average Bonchev–Trinajstić information content (AvgIpc) is 3.31. The molecule has 0 bridgehead atoms. The highest BCUT2D eigenvalue weighted by atomic mass is 19.4. The van der Waals surface area contributed by atoms with Crippen molar-refractivity contribution in [2.24, 2.45) is 5.92 Å². The first-order valence-electron chi connectivity index (χ1n) is 13.1. The van der Waals surface area contributed by atoms with Gasteiger partial charge in [0.1, 0.15) is 12.4 Å². The van der Waals surface area contributed by atoms with E-state index >= 15 is 0 Å². The zero-order valence-corrected chi connectivity index (χ0v) is 21.2. The van der Waals surface area contributed by atoms with Crippen LogP contribution in [0.25, 0.3) is 4.85 Å². The highest BCUT2D eigenvalue weighted by molar-refractivity contribution is 5.59. The number of fused-ring (bicyclic) bond motifs is 1. The summed E-state index contributed by atoms with van der Waals surface area (Å²) in [6.07, 6.45) is 0.303. The molecule has 0 aliphatic carbocycles. The van der Waals surface area contributed by atoms with E-state index in [0.717, 1.165) is 68.5 Å². The summed E-state index contributed by atoms with van der Waals surface area (Å²) in [6.45, 7) is 11.6. The van der Waals surface area contributed by atoms with Gasteiger partial charge in [-0.15, -0.1) is 0 Å². The van der Waals surface area contributed by atoms with Crippen LogP contribution in [0, 0.1) is 12.5 Å². The number of para-hydroxylation sites is 1. The minimum atomic E-state index is -4.43. The number of likely N-dealkylation sites (N-methyl/N-ethyl adjacent to an activating group) is 1. The molecule has 4 heterocycles. The number of hydrogen-bond donors (Lipinski definition) is 0. The van der Waals surface area contributed by atoms with Crippen molar-refractivity contribution in [2.75, 3.05) is 56.2 Å². The molecular weight excluding hydrogens is 481 g/mol. The van der Waals surface area contributed by atoms with Crippen LogP contribution in [0.3, 0.4) is 0 Å². The van der Waals surface area contributed by atoms with Crippen LogP contribution in [-0.4, -0.2) is 67.3 Å². The Bertz CT molecular complexity index is 1150. The second-order valence-corrected chi connectivity index (χ2v) is 10.3. The molecule has 1 aromatic carbocycles. The number of hydrogen-bond acceptors (Lipinski definition) is 6. The maximum Gasteiger partial charge on any atom is 0.418 e. The predicted octanol–water partition coefficient (Wildman–Crippen LogP) is 4.67. The topological polar surface area (TPSA) is 49.1 Å². The molecule has 3 aliphatic rings. The molecule has 37 heavy (non-hydrogen) atoms. The lowest BCUT2D eigenvalue weighted by Crippen LogP contribution is -2.40. The van der Waals surface area contributed by atoms with Gasteiger partial charge in [0.25, 0.3) is 0 Å². The van der Waals surface area contributed by atoms with E-state index in [1.807, 2.05) is 0 Å². The number of piperidine rings is 1. The molecule has 0 saturated carbocycles. The normalized spacial score (nSPS) is 22.6. The second kappa shape index (κ2) is 10.7. The lowest BCUT2D eigenvalue weighted by atomic mass is 9.96. The molecule has 0 spiro atoms. The van der Waals surface area contributed by atoms with Gasteiger partial charge in [-0.3, -0.25) is 0 Å². The van der Waals surface area contributed by atoms with Crippen LogP contribution in [-0.2, 0) is 19.1 Å². The molecule has 198 valence electrons. The average molecular weight is 515 g/mol. The highest BCUT2D eigenvalue weighted by Crippen LogP contribution is 2.39. The Labute approximate surface area is 216 Å².